The van der Waals surface area contributed by atoms with Crippen LogP contribution in [0.5, 0.6) is 17.2 Å². The lowest BCUT2D eigenvalue weighted by Gasteiger charge is -2.14. The Morgan fingerprint density at radius 2 is 1.79 bits per heavy atom. The predicted molar refractivity (Wildman–Crippen MR) is 88.5 cm³/mol. The Balaban J connectivity index is 1.81. The molecule has 2 aromatic carbocycles. The average Bonchev–Trinajstić information content (AvgIpc) is 2.60. The van der Waals surface area contributed by atoms with Crippen LogP contribution in [0.3, 0.4) is 0 Å². The maximum atomic E-state index is 13.4. The van der Waals surface area contributed by atoms with Crippen molar-refractivity contribution in [2.75, 3.05) is 32.7 Å². The van der Waals surface area contributed by atoms with Gasteiger partial charge in [0.1, 0.15) is 12.4 Å². The number of halogens is 1. The molecule has 0 saturated heterocycles. The minimum atomic E-state index is -0.513. The average molecular weight is 334 g/mol. The molecule has 2 aromatic rings. The van der Waals surface area contributed by atoms with Crippen LogP contribution in [0.15, 0.2) is 42.5 Å². The molecule has 0 heterocycles. The second kappa shape index (κ2) is 8.61. The monoisotopic (exact) mass is 334 g/mol. The van der Waals surface area contributed by atoms with E-state index in [0.717, 1.165) is 0 Å². The summed E-state index contributed by atoms with van der Waals surface area (Å²) in [4.78, 5) is 11.7. The fraction of sp³-hybridized carbons (Fsp3) is 0.235. The van der Waals surface area contributed by atoms with E-state index in [2.05, 4.69) is 10.6 Å². The Bertz CT molecular complexity index is 694. The molecule has 0 unspecified atom stereocenters. The molecule has 0 aromatic heterocycles. The van der Waals surface area contributed by atoms with Crippen LogP contribution in [-0.2, 0) is 0 Å². The fourth-order valence-electron chi connectivity index (χ4n) is 2.03. The van der Waals surface area contributed by atoms with Crippen molar-refractivity contribution in [3.05, 3.63) is 48.3 Å². The lowest BCUT2D eigenvalue weighted by molar-refractivity contribution is 0.245. The third-order valence-corrected chi connectivity index (χ3v) is 3.13. The van der Waals surface area contributed by atoms with Gasteiger partial charge < -0.3 is 24.8 Å². The van der Waals surface area contributed by atoms with Gasteiger partial charge in [-0.2, -0.15) is 0 Å². The number of methoxy groups -OCH3 is 2. The maximum Gasteiger partial charge on any atom is 0.319 e. The number of amides is 2. The molecule has 0 bridgehead atoms. The molecule has 7 heteroatoms. The summed E-state index contributed by atoms with van der Waals surface area (Å²) >= 11 is 0. The van der Waals surface area contributed by atoms with Gasteiger partial charge in [0, 0.05) is 0 Å². The first-order valence-electron chi connectivity index (χ1n) is 7.29. The number of nitrogens with one attached hydrogen (secondary N) is 2. The summed E-state index contributed by atoms with van der Waals surface area (Å²) in [6.45, 7) is 0.453. The molecule has 0 spiro atoms. The van der Waals surface area contributed by atoms with Gasteiger partial charge in [-0.15, -0.1) is 0 Å². The quantitative estimate of drug-likeness (QED) is 0.764. The number of urea groups is 1. The molecule has 2 rings (SSSR count). The van der Waals surface area contributed by atoms with E-state index in [9.17, 15) is 9.18 Å². The van der Waals surface area contributed by atoms with E-state index in [1.807, 2.05) is 0 Å². The maximum absolute atomic E-state index is 13.4. The molecular weight excluding hydrogens is 315 g/mol. The molecule has 2 amide bonds. The van der Waals surface area contributed by atoms with E-state index in [0.29, 0.717) is 17.2 Å². The SMILES string of the molecule is COc1cccc(OCCNC(=O)Nc2ccccc2F)c1OC. The Morgan fingerprint density at radius 1 is 1.04 bits per heavy atom. The Morgan fingerprint density at radius 3 is 2.50 bits per heavy atom. The topological polar surface area (TPSA) is 68.8 Å². The minimum absolute atomic E-state index is 0.116. The zero-order valence-corrected chi connectivity index (χ0v) is 13.5. The molecule has 0 radical (unpaired) electrons. The summed E-state index contributed by atoms with van der Waals surface area (Å²) < 4.78 is 29.4. The molecule has 2 N–H and O–H groups in total. The van der Waals surface area contributed by atoms with Crippen molar-refractivity contribution in [1.82, 2.24) is 5.32 Å². The largest absolute Gasteiger partial charge is 0.493 e. The molecule has 0 fully saturated rings. The standard InChI is InChI=1S/C17H19FN2O4/c1-22-14-8-5-9-15(16(14)23-2)24-11-10-19-17(21)20-13-7-4-3-6-12(13)18/h3-9H,10-11H2,1-2H3,(H2,19,20,21). The first-order valence-corrected chi connectivity index (χ1v) is 7.29. The molecule has 0 aliphatic heterocycles. The zero-order valence-electron chi connectivity index (χ0n) is 13.5. The van der Waals surface area contributed by atoms with Crippen molar-refractivity contribution in [2.45, 2.75) is 0 Å². The van der Waals surface area contributed by atoms with Gasteiger partial charge in [-0.05, 0) is 24.3 Å². The summed E-state index contributed by atoms with van der Waals surface area (Å²) in [5, 5.41) is 5.01. The van der Waals surface area contributed by atoms with E-state index in [1.54, 1.807) is 30.3 Å². The minimum Gasteiger partial charge on any atom is -0.493 e. The number of carbonyl (C=O) groups is 1. The number of para-hydroxylation sites is 2. The van der Waals surface area contributed by atoms with E-state index < -0.39 is 11.8 Å². The van der Waals surface area contributed by atoms with Crippen molar-refractivity contribution in [2.24, 2.45) is 0 Å². The predicted octanol–water partition coefficient (Wildman–Crippen LogP) is 3.04. The third-order valence-electron chi connectivity index (χ3n) is 3.13. The van der Waals surface area contributed by atoms with Crippen LogP contribution in [-0.4, -0.2) is 33.4 Å². The first kappa shape index (κ1) is 17.4. The highest BCUT2D eigenvalue weighted by Gasteiger charge is 2.10. The first-order chi connectivity index (χ1) is 11.7. The smallest absolute Gasteiger partial charge is 0.319 e. The zero-order chi connectivity index (χ0) is 17.4. The number of hydrogen-bond acceptors (Lipinski definition) is 4. The molecular formula is C17H19FN2O4. The van der Waals surface area contributed by atoms with Crippen molar-refractivity contribution >= 4 is 11.7 Å². The summed E-state index contributed by atoms with van der Waals surface area (Å²) in [6, 6.07) is 10.7. The van der Waals surface area contributed by atoms with E-state index in [-0.39, 0.29) is 18.8 Å². The molecule has 128 valence electrons. The summed E-state index contributed by atoms with van der Waals surface area (Å²) in [7, 11) is 3.06. The Kier molecular flexibility index (Phi) is 6.24. The molecule has 0 atom stereocenters. The molecule has 0 aliphatic carbocycles. The highest BCUT2D eigenvalue weighted by Crippen LogP contribution is 2.36. The van der Waals surface area contributed by atoms with Gasteiger partial charge in [-0.3, -0.25) is 0 Å². The lowest BCUT2D eigenvalue weighted by Crippen LogP contribution is -2.32. The fourth-order valence-corrected chi connectivity index (χ4v) is 2.03. The van der Waals surface area contributed by atoms with Gasteiger partial charge in [0.15, 0.2) is 11.5 Å². The molecule has 0 saturated carbocycles. The van der Waals surface area contributed by atoms with Gasteiger partial charge in [0.25, 0.3) is 0 Å². The van der Waals surface area contributed by atoms with Crippen LogP contribution in [0.25, 0.3) is 0 Å². The van der Waals surface area contributed by atoms with E-state index in [4.69, 9.17) is 14.2 Å². The van der Waals surface area contributed by atoms with Gasteiger partial charge in [0.05, 0.1) is 26.5 Å². The van der Waals surface area contributed by atoms with Crippen LogP contribution in [0.1, 0.15) is 0 Å². The van der Waals surface area contributed by atoms with Crippen LogP contribution >= 0.6 is 0 Å². The second-order valence-electron chi connectivity index (χ2n) is 4.70. The van der Waals surface area contributed by atoms with Crippen LogP contribution in [0.2, 0.25) is 0 Å². The van der Waals surface area contributed by atoms with Crippen LogP contribution in [0, 0.1) is 5.82 Å². The van der Waals surface area contributed by atoms with Crippen molar-refractivity contribution in [3.63, 3.8) is 0 Å². The van der Waals surface area contributed by atoms with Crippen LogP contribution < -0.4 is 24.8 Å². The van der Waals surface area contributed by atoms with E-state index in [1.165, 1.54) is 26.4 Å². The Labute approximate surface area is 139 Å². The lowest BCUT2D eigenvalue weighted by atomic mass is 10.3. The highest BCUT2D eigenvalue weighted by atomic mass is 19.1. The van der Waals surface area contributed by atoms with Gasteiger partial charge in [-0.25, -0.2) is 9.18 Å². The number of carbonyl (C=O) groups excluding carboxylic acids is 1. The van der Waals surface area contributed by atoms with Crippen molar-refractivity contribution in [1.29, 1.82) is 0 Å². The number of ether oxygens (including phenoxy) is 3. The highest BCUT2D eigenvalue weighted by molar-refractivity contribution is 5.89. The number of benzene rings is 2. The number of hydrogen-bond donors (Lipinski definition) is 2. The molecule has 0 aliphatic rings. The molecule has 6 nitrogen and oxygen atoms in total. The van der Waals surface area contributed by atoms with Gasteiger partial charge >= 0.3 is 6.03 Å². The van der Waals surface area contributed by atoms with Crippen LogP contribution in [0.4, 0.5) is 14.9 Å². The normalized spacial score (nSPS) is 9.96. The van der Waals surface area contributed by atoms with Gasteiger partial charge in [0.2, 0.25) is 5.75 Å². The summed E-state index contributed by atoms with van der Waals surface area (Å²) in [5.41, 5.74) is 0.116. The second-order valence-corrected chi connectivity index (χ2v) is 4.70. The Hall–Kier alpha value is -2.96. The third kappa shape index (κ3) is 4.52. The van der Waals surface area contributed by atoms with E-state index >= 15 is 0 Å². The summed E-state index contributed by atoms with van der Waals surface area (Å²) in [5.74, 6) is 1.05. The van der Waals surface area contributed by atoms with Crippen molar-refractivity contribution in [3.8, 4) is 17.2 Å². The van der Waals surface area contributed by atoms with Gasteiger partial charge in [-0.1, -0.05) is 18.2 Å². The number of anilines is 1. The number of rotatable bonds is 7. The molecule has 24 heavy (non-hydrogen) atoms. The summed E-state index contributed by atoms with van der Waals surface area (Å²) in [6.07, 6.45) is 0. The van der Waals surface area contributed by atoms with Crippen molar-refractivity contribution < 1.29 is 23.4 Å².